The van der Waals surface area contributed by atoms with E-state index in [4.69, 9.17) is 5.73 Å². The number of aromatic nitrogens is 3. The maximum Gasteiger partial charge on any atom is 0.254 e. The van der Waals surface area contributed by atoms with Crippen LogP contribution in [0.3, 0.4) is 0 Å². The van der Waals surface area contributed by atoms with Crippen LogP contribution in [0.1, 0.15) is 95.1 Å². The van der Waals surface area contributed by atoms with Crippen LogP contribution in [0.5, 0.6) is 0 Å². The average Bonchev–Trinajstić information content (AvgIpc) is 3.05. The van der Waals surface area contributed by atoms with Gasteiger partial charge in [0, 0.05) is 11.5 Å². The molecule has 3 rings (SSSR count). The summed E-state index contributed by atoms with van der Waals surface area (Å²) in [5.41, 5.74) is 7.96. The molecule has 2 heterocycles. The summed E-state index contributed by atoms with van der Waals surface area (Å²) in [5, 5.41) is 8.19. The number of hydrogen-bond donors (Lipinski definition) is 3. The van der Waals surface area contributed by atoms with Gasteiger partial charge in [0.25, 0.3) is 5.91 Å². The number of rotatable bonds is 5. The van der Waals surface area contributed by atoms with Crippen LogP contribution < -0.4 is 11.1 Å². The maximum absolute atomic E-state index is 11.8. The zero-order chi connectivity index (χ0) is 19.1. The summed E-state index contributed by atoms with van der Waals surface area (Å²) < 4.78 is 1.83. The molecule has 0 spiro atoms. The molecule has 26 heavy (non-hydrogen) atoms. The third kappa shape index (κ3) is 3.89. The smallest absolute Gasteiger partial charge is 0.254 e. The summed E-state index contributed by atoms with van der Waals surface area (Å²) in [6, 6.07) is 0. The Kier molecular flexibility index (Phi) is 4.80. The van der Waals surface area contributed by atoms with Crippen LogP contribution in [0.25, 0.3) is 5.65 Å². The molecule has 0 aromatic carbocycles. The number of hydrogen-bond acceptors (Lipinski definition) is 3. The van der Waals surface area contributed by atoms with Crippen LogP contribution in [-0.4, -0.2) is 26.0 Å². The van der Waals surface area contributed by atoms with Gasteiger partial charge >= 0.3 is 0 Å². The van der Waals surface area contributed by atoms with Crippen LogP contribution in [0.2, 0.25) is 0 Å². The molecular weight excluding hydrogens is 326 g/mol. The van der Waals surface area contributed by atoms with Gasteiger partial charge in [-0.15, -0.1) is 0 Å². The number of carbonyl (C=O) groups is 1. The molecule has 2 aromatic heterocycles. The van der Waals surface area contributed by atoms with Gasteiger partial charge in [0.05, 0.1) is 11.9 Å². The average molecular weight is 360 g/mol. The Hall–Kier alpha value is -1.98. The molecule has 0 radical (unpaired) electrons. The van der Waals surface area contributed by atoms with Gasteiger partial charge in [-0.05, 0) is 38.5 Å². The molecular formula is C20H33N5O. The summed E-state index contributed by atoms with van der Waals surface area (Å²) in [6.07, 6.45) is 8.72. The van der Waals surface area contributed by atoms with Crippen molar-refractivity contribution >= 4 is 17.4 Å². The van der Waals surface area contributed by atoms with Crippen LogP contribution >= 0.6 is 0 Å². The monoisotopic (exact) mass is 359 g/mol. The second-order valence-corrected chi connectivity index (χ2v) is 9.65. The molecule has 0 atom stereocenters. The molecule has 0 unspecified atom stereocenters. The first-order valence-corrected chi connectivity index (χ1v) is 9.75. The molecule has 2 aromatic rings. The Labute approximate surface area is 155 Å². The van der Waals surface area contributed by atoms with Gasteiger partial charge < -0.3 is 16.0 Å². The van der Waals surface area contributed by atoms with Gasteiger partial charge in [0.15, 0.2) is 0 Å². The van der Waals surface area contributed by atoms with Gasteiger partial charge in [-0.1, -0.05) is 40.0 Å². The summed E-state index contributed by atoms with van der Waals surface area (Å²) in [6.45, 7) is 11.2. The van der Waals surface area contributed by atoms with E-state index < -0.39 is 5.91 Å². The first kappa shape index (κ1) is 18.8. The lowest BCUT2D eigenvalue weighted by Gasteiger charge is -2.34. The third-order valence-electron chi connectivity index (χ3n) is 5.20. The highest BCUT2D eigenvalue weighted by molar-refractivity contribution is 5.99. The van der Waals surface area contributed by atoms with Crippen molar-refractivity contribution in [2.75, 3.05) is 5.32 Å². The number of nitrogens with one attached hydrogen (secondary N) is 2. The highest BCUT2D eigenvalue weighted by atomic mass is 16.1. The zero-order valence-electron chi connectivity index (χ0n) is 16.8. The molecule has 1 fully saturated rings. The van der Waals surface area contributed by atoms with Crippen molar-refractivity contribution in [3.63, 3.8) is 0 Å². The summed E-state index contributed by atoms with van der Waals surface area (Å²) in [4.78, 5) is 15.3. The Morgan fingerprint density at radius 3 is 2.50 bits per heavy atom. The fraction of sp³-hybridized carbons (Fsp3) is 0.700. The van der Waals surface area contributed by atoms with Crippen LogP contribution in [0.15, 0.2) is 6.20 Å². The molecule has 1 saturated carbocycles. The number of fused-ring (bicyclic) bond motifs is 1. The van der Waals surface area contributed by atoms with Crippen LogP contribution in [0.4, 0.5) is 5.82 Å². The van der Waals surface area contributed by atoms with E-state index in [1.165, 1.54) is 32.1 Å². The summed E-state index contributed by atoms with van der Waals surface area (Å²) >= 11 is 0. The van der Waals surface area contributed by atoms with E-state index >= 15 is 0 Å². The standard InChI is InChI=1S/C20H33N5O/c1-19(2,3)12-20(4,5)24-18-15(13-9-7-6-8-10-13)23-17-14(16(21)26)11-22-25(17)18/h11,13,23-24H,6-10,12H2,1-5H3,(H2,21,26). The first-order valence-electron chi connectivity index (χ1n) is 9.75. The fourth-order valence-electron chi connectivity index (χ4n) is 4.62. The van der Waals surface area contributed by atoms with Crippen molar-refractivity contribution < 1.29 is 4.79 Å². The number of amides is 1. The molecule has 4 N–H and O–H groups in total. The van der Waals surface area contributed by atoms with E-state index in [-0.39, 0.29) is 11.0 Å². The number of aromatic amines is 1. The Morgan fingerprint density at radius 1 is 1.27 bits per heavy atom. The number of nitrogens with two attached hydrogens (primary N) is 1. The largest absolute Gasteiger partial charge is 0.365 e. The minimum absolute atomic E-state index is 0.102. The topological polar surface area (TPSA) is 88.2 Å². The number of anilines is 1. The Bertz CT molecular complexity index is 787. The number of H-pyrrole nitrogens is 1. The van der Waals surface area contributed by atoms with Crippen molar-refractivity contribution in [1.29, 1.82) is 0 Å². The van der Waals surface area contributed by atoms with Crippen molar-refractivity contribution in [3.8, 4) is 0 Å². The summed E-state index contributed by atoms with van der Waals surface area (Å²) in [7, 11) is 0. The predicted octanol–water partition coefficient (Wildman–Crippen LogP) is 4.44. The first-order chi connectivity index (χ1) is 12.1. The minimum atomic E-state index is -0.447. The quantitative estimate of drug-likeness (QED) is 0.737. The summed E-state index contributed by atoms with van der Waals surface area (Å²) in [5.74, 6) is 1.00. The Morgan fingerprint density at radius 2 is 1.92 bits per heavy atom. The molecule has 0 saturated heterocycles. The van der Waals surface area contributed by atoms with Crippen molar-refractivity contribution in [2.45, 2.75) is 84.6 Å². The van der Waals surface area contributed by atoms with E-state index in [9.17, 15) is 4.79 Å². The number of imidazole rings is 1. The van der Waals surface area contributed by atoms with E-state index in [0.29, 0.717) is 17.1 Å². The van der Waals surface area contributed by atoms with Crippen molar-refractivity contribution in [3.05, 3.63) is 17.5 Å². The number of primary amides is 1. The molecule has 6 heteroatoms. The second kappa shape index (κ2) is 6.63. The van der Waals surface area contributed by atoms with Crippen LogP contribution in [0, 0.1) is 5.41 Å². The third-order valence-corrected chi connectivity index (χ3v) is 5.20. The van der Waals surface area contributed by atoms with Crippen molar-refractivity contribution in [1.82, 2.24) is 14.6 Å². The molecule has 0 bridgehead atoms. The van der Waals surface area contributed by atoms with Gasteiger partial charge in [0.2, 0.25) is 0 Å². The SMILES string of the molecule is CC(C)(C)CC(C)(C)Nc1c(C2CCCCC2)[nH]c2c(C(N)=O)cnn12. The van der Waals surface area contributed by atoms with Crippen LogP contribution in [-0.2, 0) is 0 Å². The molecule has 6 nitrogen and oxygen atoms in total. The fourth-order valence-corrected chi connectivity index (χ4v) is 4.62. The zero-order valence-corrected chi connectivity index (χ0v) is 16.8. The van der Waals surface area contributed by atoms with Gasteiger partial charge in [-0.2, -0.15) is 9.61 Å². The number of nitrogens with zero attached hydrogens (tertiary/aromatic N) is 2. The van der Waals surface area contributed by atoms with Crippen molar-refractivity contribution in [2.24, 2.45) is 11.1 Å². The Balaban J connectivity index is 2.04. The lowest BCUT2D eigenvalue weighted by Crippen LogP contribution is -2.36. The maximum atomic E-state index is 11.8. The van der Waals surface area contributed by atoms with E-state index in [1.54, 1.807) is 6.20 Å². The van der Waals surface area contributed by atoms with Gasteiger partial charge in [-0.3, -0.25) is 4.79 Å². The molecule has 1 amide bonds. The van der Waals surface area contributed by atoms with E-state index in [0.717, 1.165) is 17.9 Å². The predicted molar refractivity (Wildman–Crippen MR) is 106 cm³/mol. The normalized spacial score (nSPS) is 17.0. The molecule has 1 aliphatic carbocycles. The van der Waals surface area contributed by atoms with E-state index in [1.807, 2.05) is 4.52 Å². The molecule has 0 aliphatic heterocycles. The number of carbonyl (C=O) groups excluding carboxylic acids is 1. The molecule has 144 valence electrons. The lowest BCUT2D eigenvalue weighted by molar-refractivity contribution is 0.100. The highest BCUT2D eigenvalue weighted by Crippen LogP contribution is 2.39. The highest BCUT2D eigenvalue weighted by Gasteiger charge is 2.31. The molecule has 1 aliphatic rings. The van der Waals surface area contributed by atoms with Gasteiger partial charge in [-0.25, -0.2) is 0 Å². The second-order valence-electron chi connectivity index (χ2n) is 9.65. The minimum Gasteiger partial charge on any atom is -0.365 e. The lowest BCUT2D eigenvalue weighted by atomic mass is 9.81. The van der Waals surface area contributed by atoms with Gasteiger partial charge in [0.1, 0.15) is 17.0 Å². The van der Waals surface area contributed by atoms with E-state index in [2.05, 4.69) is 50.0 Å².